The fourth-order valence-electron chi connectivity index (χ4n) is 2.07. The molecule has 0 amide bonds. The van der Waals surface area contributed by atoms with Crippen molar-refractivity contribution in [2.75, 3.05) is 4.72 Å². The number of nitro benzene ring substituents is 1. The number of sulfonamides is 1. The summed E-state index contributed by atoms with van der Waals surface area (Å²) < 4.78 is 27.3. The number of nitrogens with one attached hydrogen (secondary N) is 1. The molecule has 0 saturated carbocycles. The SMILES string of the molecule is CC(=O)c1ccccc1NS(=O)(=O)c1cc(Cl)c(C)c([N+](=O)[O-])c1. The number of carbonyl (C=O) groups is 1. The minimum Gasteiger partial charge on any atom is -0.294 e. The second-order valence-electron chi connectivity index (χ2n) is 5.01. The largest absolute Gasteiger partial charge is 0.294 e. The van der Waals surface area contributed by atoms with Crippen LogP contribution in [0, 0.1) is 17.0 Å². The molecule has 7 nitrogen and oxygen atoms in total. The monoisotopic (exact) mass is 368 g/mol. The van der Waals surface area contributed by atoms with Gasteiger partial charge in [-0.05, 0) is 32.0 Å². The van der Waals surface area contributed by atoms with Gasteiger partial charge >= 0.3 is 0 Å². The van der Waals surface area contributed by atoms with Crippen LogP contribution in [0.2, 0.25) is 5.02 Å². The maximum absolute atomic E-state index is 12.5. The predicted molar refractivity (Wildman–Crippen MR) is 90.1 cm³/mol. The smallest absolute Gasteiger partial charge is 0.275 e. The highest BCUT2D eigenvalue weighted by Gasteiger charge is 2.23. The van der Waals surface area contributed by atoms with Gasteiger partial charge in [0.25, 0.3) is 15.7 Å². The highest BCUT2D eigenvalue weighted by Crippen LogP contribution is 2.30. The van der Waals surface area contributed by atoms with E-state index in [9.17, 15) is 23.3 Å². The zero-order valence-electron chi connectivity index (χ0n) is 12.7. The molecule has 126 valence electrons. The third kappa shape index (κ3) is 3.55. The molecule has 0 radical (unpaired) electrons. The minimum absolute atomic E-state index is 0.0376. The van der Waals surface area contributed by atoms with E-state index in [0.29, 0.717) is 0 Å². The highest BCUT2D eigenvalue weighted by atomic mass is 35.5. The first-order valence-electron chi connectivity index (χ1n) is 6.71. The molecule has 0 aliphatic carbocycles. The Balaban J connectivity index is 2.53. The summed E-state index contributed by atoms with van der Waals surface area (Å²) in [5, 5.41) is 11.0. The maximum atomic E-state index is 12.5. The number of carbonyl (C=O) groups excluding carboxylic acids is 1. The summed E-state index contributed by atoms with van der Waals surface area (Å²) in [7, 11) is -4.16. The molecule has 0 fully saturated rings. The Labute approximate surface area is 143 Å². The third-order valence-electron chi connectivity index (χ3n) is 3.35. The van der Waals surface area contributed by atoms with Gasteiger partial charge in [0.05, 0.1) is 20.5 Å². The van der Waals surface area contributed by atoms with Crippen molar-refractivity contribution in [3.63, 3.8) is 0 Å². The number of ketones is 1. The van der Waals surface area contributed by atoms with Crippen LogP contribution in [0.25, 0.3) is 0 Å². The Morgan fingerprint density at radius 2 is 1.88 bits per heavy atom. The zero-order chi connectivity index (χ0) is 18.1. The number of anilines is 1. The average molecular weight is 369 g/mol. The van der Waals surface area contributed by atoms with Crippen LogP contribution in [0.5, 0.6) is 0 Å². The lowest BCUT2D eigenvalue weighted by Gasteiger charge is -2.12. The predicted octanol–water partition coefficient (Wildman–Crippen LogP) is 3.56. The summed E-state index contributed by atoms with van der Waals surface area (Å²) in [6.07, 6.45) is 0. The van der Waals surface area contributed by atoms with Crippen LogP contribution in [-0.2, 0) is 10.0 Å². The molecule has 24 heavy (non-hydrogen) atoms. The van der Waals surface area contributed by atoms with Gasteiger partial charge in [-0.2, -0.15) is 0 Å². The molecule has 0 aliphatic rings. The summed E-state index contributed by atoms with van der Waals surface area (Å²) in [4.78, 5) is 21.6. The van der Waals surface area contributed by atoms with E-state index in [-0.39, 0.29) is 32.5 Å². The van der Waals surface area contributed by atoms with Crippen molar-refractivity contribution in [1.29, 1.82) is 0 Å². The quantitative estimate of drug-likeness (QED) is 0.493. The molecular formula is C15H13ClN2O5S. The average Bonchev–Trinajstić information content (AvgIpc) is 2.49. The molecule has 0 heterocycles. The van der Waals surface area contributed by atoms with Crippen LogP contribution in [0.4, 0.5) is 11.4 Å². The van der Waals surface area contributed by atoms with E-state index in [2.05, 4.69) is 4.72 Å². The second kappa shape index (κ2) is 6.58. The molecule has 2 aromatic carbocycles. The van der Waals surface area contributed by atoms with Crippen LogP contribution in [0.15, 0.2) is 41.3 Å². The van der Waals surface area contributed by atoms with Crippen molar-refractivity contribution >= 4 is 38.8 Å². The van der Waals surface area contributed by atoms with Gasteiger partial charge in [-0.25, -0.2) is 8.42 Å². The summed E-state index contributed by atoms with van der Waals surface area (Å²) in [6, 6.07) is 8.13. The van der Waals surface area contributed by atoms with Crippen molar-refractivity contribution in [2.24, 2.45) is 0 Å². The van der Waals surface area contributed by atoms with E-state index in [4.69, 9.17) is 11.6 Å². The summed E-state index contributed by atoms with van der Waals surface area (Å²) in [5.74, 6) is -0.318. The van der Waals surface area contributed by atoms with E-state index >= 15 is 0 Å². The van der Waals surface area contributed by atoms with Crippen molar-refractivity contribution in [3.05, 3.63) is 62.7 Å². The number of nitro groups is 1. The fourth-order valence-corrected chi connectivity index (χ4v) is 3.47. The standard InChI is InChI=1S/C15H13ClN2O5S/c1-9-13(16)7-11(8-15(9)18(20)21)24(22,23)17-14-6-4-3-5-12(14)10(2)19/h3-8,17H,1-2H3. The minimum atomic E-state index is -4.16. The maximum Gasteiger partial charge on any atom is 0.275 e. The molecule has 0 unspecified atom stereocenters. The Morgan fingerprint density at radius 3 is 2.46 bits per heavy atom. The number of hydrogen-bond donors (Lipinski definition) is 1. The number of nitrogens with zero attached hydrogens (tertiary/aromatic N) is 1. The molecule has 1 N–H and O–H groups in total. The normalized spacial score (nSPS) is 11.1. The molecule has 0 saturated heterocycles. The van der Waals surface area contributed by atoms with Crippen molar-refractivity contribution in [3.8, 4) is 0 Å². The first-order valence-corrected chi connectivity index (χ1v) is 8.57. The number of Topliss-reactive ketones (excluding diaryl/α,β-unsaturated/α-hetero) is 1. The van der Waals surface area contributed by atoms with E-state index in [0.717, 1.165) is 12.1 Å². The van der Waals surface area contributed by atoms with Crippen molar-refractivity contribution < 1.29 is 18.1 Å². The molecule has 0 spiro atoms. The fraction of sp³-hybridized carbons (Fsp3) is 0.133. The van der Waals surface area contributed by atoms with E-state index in [1.54, 1.807) is 12.1 Å². The van der Waals surface area contributed by atoms with Gasteiger partial charge in [-0.15, -0.1) is 0 Å². The van der Waals surface area contributed by atoms with Gasteiger partial charge in [-0.3, -0.25) is 19.6 Å². The number of halogens is 1. The van der Waals surface area contributed by atoms with E-state index < -0.39 is 20.6 Å². The Bertz CT molecular complexity index is 941. The van der Waals surface area contributed by atoms with Crippen LogP contribution < -0.4 is 4.72 Å². The Kier molecular flexibility index (Phi) is 4.91. The van der Waals surface area contributed by atoms with Gasteiger partial charge in [0, 0.05) is 17.2 Å². The second-order valence-corrected chi connectivity index (χ2v) is 7.10. The molecule has 0 aliphatic heterocycles. The molecule has 0 aromatic heterocycles. The lowest BCUT2D eigenvalue weighted by Crippen LogP contribution is -2.15. The topological polar surface area (TPSA) is 106 Å². The molecule has 0 bridgehead atoms. The molecular weight excluding hydrogens is 356 g/mol. The van der Waals surface area contributed by atoms with Gasteiger partial charge < -0.3 is 0 Å². The summed E-state index contributed by atoms with van der Waals surface area (Å²) in [5.41, 5.74) is 0.0469. The third-order valence-corrected chi connectivity index (χ3v) is 5.09. The van der Waals surface area contributed by atoms with Crippen LogP contribution in [0.3, 0.4) is 0 Å². The van der Waals surface area contributed by atoms with Gasteiger partial charge in [0.15, 0.2) is 5.78 Å². The molecule has 2 rings (SSSR count). The zero-order valence-corrected chi connectivity index (χ0v) is 14.3. The van der Waals surface area contributed by atoms with Crippen LogP contribution in [0.1, 0.15) is 22.8 Å². The van der Waals surface area contributed by atoms with E-state index in [1.807, 2.05) is 0 Å². The van der Waals surface area contributed by atoms with Crippen LogP contribution in [-0.4, -0.2) is 19.1 Å². The first-order chi connectivity index (χ1) is 11.1. The van der Waals surface area contributed by atoms with Gasteiger partial charge in [0.1, 0.15) is 0 Å². The number of rotatable bonds is 5. The number of hydrogen-bond acceptors (Lipinski definition) is 5. The molecule has 2 aromatic rings. The summed E-state index contributed by atoms with van der Waals surface area (Å²) >= 11 is 5.90. The van der Waals surface area contributed by atoms with Crippen molar-refractivity contribution in [2.45, 2.75) is 18.7 Å². The van der Waals surface area contributed by atoms with Crippen LogP contribution >= 0.6 is 11.6 Å². The molecule has 0 atom stereocenters. The Hall–Kier alpha value is -2.45. The highest BCUT2D eigenvalue weighted by molar-refractivity contribution is 7.92. The van der Waals surface area contributed by atoms with E-state index in [1.165, 1.54) is 26.0 Å². The van der Waals surface area contributed by atoms with Gasteiger partial charge in [0.2, 0.25) is 0 Å². The van der Waals surface area contributed by atoms with Crippen molar-refractivity contribution in [1.82, 2.24) is 0 Å². The number of benzene rings is 2. The first kappa shape index (κ1) is 17.9. The lowest BCUT2D eigenvalue weighted by atomic mass is 10.1. The van der Waals surface area contributed by atoms with Gasteiger partial charge in [-0.1, -0.05) is 23.7 Å². The number of para-hydroxylation sites is 1. The summed E-state index contributed by atoms with van der Waals surface area (Å²) in [6.45, 7) is 2.73. The Morgan fingerprint density at radius 1 is 1.25 bits per heavy atom. The lowest BCUT2D eigenvalue weighted by molar-refractivity contribution is -0.385. The molecule has 9 heteroatoms.